The van der Waals surface area contributed by atoms with Crippen LogP contribution in [0.2, 0.25) is 0 Å². The first-order chi connectivity index (χ1) is 8.73. The van der Waals surface area contributed by atoms with Crippen molar-refractivity contribution in [1.29, 1.82) is 0 Å². The fourth-order valence-corrected chi connectivity index (χ4v) is 2.02. The van der Waals surface area contributed by atoms with Gasteiger partial charge in [0.05, 0.1) is 6.54 Å². The third kappa shape index (κ3) is 2.55. The Morgan fingerprint density at radius 3 is 2.74 bits per heavy atom. The number of β-amino-alcohol motifs (C(OH)–C–C–N with tert-alkyl or cyclic N) is 1. The molecule has 19 heavy (non-hydrogen) atoms. The lowest BCUT2D eigenvalue weighted by Gasteiger charge is -2.39. The number of piperidine rings is 1. The molecule has 1 aromatic heterocycles. The Kier molecular flexibility index (Phi) is 3.25. The Labute approximate surface area is 106 Å². The molecule has 0 radical (unpaired) electrons. The number of nitrogens with zero attached hydrogens (tertiary/aromatic N) is 4. The van der Waals surface area contributed by atoms with E-state index in [0.717, 1.165) is 4.90 Å². The number of amides is 1. The number of rotatable bonds is 1. The summed E-state index contributed by atoms with van der Waals surface area (Å²) < 4.78 is 39.5. The van der Waals surface area contributed by atoms with Crippen LogP contribution in [0.3, 0.4) is 0 Å². The summed E-state index contributed by atoms with van der Waals surface area (Å²) >= 11 is 0. The molecule has 2 rings (SSSR count). The number of alkyl halides is 3. The van der Waals surface area contributed by atoms with Crippen LogP contribution in [0.1, 0.15) is 23.5 Å². The van der Waals surface area contributed by atoms with E-state index in [1.807, 2.05) is 0 Å². The summed E-state index contributed by atoms with van der Waals surface area (Å²) in [4.78, 5) is 16.6. The zero-order valence-corrected chi connectivity index (χ0v) is 10.2. The number of aliphatic hydroxyl groups is 1. The van der Waals surface area contributed by atoms with Crippen molar-refractivity contribution in [2.75, 3.05) is 13.1 Å². The lowest BCUT2D eigenvalue weighted by molar-refractivity contribution is -0.271. The number of carbonyl (C=O) groups excluding carboxylic acids is 1. The van der Waals surface area contributed by atoms with Crippen LogP contribution in [-0.2, 0) is 7.05 Å². The number of likely N-dealkylation sites (tertiary alicyclic amines) is 1. The molecule has 1 amide bonds. The Morgan fingerprint density at radius 1 is 1.53 bits per heavy atom. The highest BCUT2D eigenvalue weighted by Gasteiger charge is 2.56. The fraction of sp³-hybridized carbons (Fsp3) is 0.700. The summed E-state index contributed by atoms with van der Waals surface area (Å²) in [6.07, 6.45) is -3.80. The summed E-state index contributed by atoms with van der Waals surface area (Å²) in [6.45, 7) is -0.636. The quantitative estimate of drug-likeness (QED) is 0.804. The number of halogens is 3. The molecule has 0 bridgehead atoms. The predicted molar refractivity (Wildman–Crippen MR) is 57.1 cm³/mol. The molecule has 9 heteroatoms. The van der Waals surface area contributed by atoms with E-state index in [-0.39, 0.29) is 18.8 Å². The number of carbonyl (C=O) groups is 1. The number of aryl methyl sites for hydroxylation is 1. The van der Waals surface area contributed by atoms with Crippen molar-refractivity contribution in [3.8, 4) is 0 Å². The van der Waals surface area contributed by atoms with Crippen molar-refractivity contribution in [3.05, 3.63) is 12.2 Å². The summed E-state index contributed by atoms with van der Waals surface area (Å²) in [5.74, 6) is -0.878. The van der Waals surface area contributed by atoms with Gasteiger partial charge in [-0.15, -0.1) is 5.10 Å². The minimum absolute atomic E-state index is 0.0780. The molecular weight excluding hydrogens is 265 g/mol. The molecule has 6 nitrogen and oxygen atoms in total. The monoisotopic (exact) mass is 278 g/mol. The minimum atomic E-state index is -4.76. The fourth-order valence-electron chi connectivity index (χ4n) is 2.02. The zero-order valence-electron chi connectivity index (χ0n) is 10.2. The molecule has 1 N–H and O–H groups in total. The van der Waals surface area contributed by atoms with Gasteiger partial charge in [0.2, 0.25) is 5.82 Å². The maximum Gasteiger partial charge on any atom is 0.418 e. The third-order valence-electron chi connectivity index (χ3n) is 3.08. The minimum Gasteiger partial charge on any atom is -0.379 e. The van der Waals surface area contributed by atoms with Crippen molar-refractivity contribution in [2.24, 2.45) is 7.05 Å². The van der Waals surface area contributed by atoms with Crippen LogP contribution in [0.4, 0.5) is 13.2 Å². The number of hydrogen-bond acceptors (Lipinski definition) is 4. The Balaban J connectivity index is 2.16. The molecule has 0 aromatic carbocycles. The van der Waals surface area contributed by atoms with Crippen molar-refractivity contribution in [1.82, 2.24) is 19.7 Å². The van der Waals surface area contributed by atoms with Crippen molar-refractivity contribution in [3.63, 3.8) is 0 Å². The van der Waals surface area contributed by atoms with Gasteiger partial charge in [0.25, 0.3) is 5.91 Å². The van der Waals surface area contributed by atoms with Crippen molar-refractivity contribution in [2.45, 2.75) is 24.6 Å². The van der Waals surface area contributed by atoms with E-state index >= 15 is 0 Å². The van der Waals surface area contributed by atoms with Crippen LogP contribution in [0.15, 0.2) is 6.33 Å². The molecule has 1 saturated heterocycles. The van der Waals surface area contributed by atoms with Gasteiger partial charge in [-0.25, -0.2) is 4.98 Å². The zero-order chi connectivity index (χ0) is 14.3. The highest BCUT2D eigenvalue weighted by molar-refractivity contribution is 5.90. The van der Waals surface area contributed by atoms with Gasteiger partial charge in [-0.1, -0.05) is 0 Å². The molecule has 1 fully saturated rings. The predicted octanol–water partition coefficient (Wildman–Crippen LogP) is 0.345. The van der Waals surface area contributed by atoms with Gasteiger partial charge in [0, 0.05) is 13.6 Å². The van der Waals surface area contributed by atoms with Crippen LogP contribution in [0.5, 0.6) is 0 Å². The van der Waals surface area contributed by atoms with E-state index in [2.05, 4.69) is 10.1 Å². The average Bonchev–Trinajstić information content (AvgIpc) is 2.73. The van der Waals surface area contributed by atoms with Crippen LogP contribution >= 0.6 is 0 Å². The second-order valence-electron chi connectivity index (χ2n) is 4.60. The van der Waals surface area contributed by atoms with Crippen molar-refractivity contribution >= 4 is 5.91 Å². The first-order valence-electron chi connectivity index (χ1n) is 5.67. The Hall–Kier alpha value is -1.64. The maximum atomic E-state index is 12.7. The van der Waals surface area contributed by atoms with Gasteiger partial charge >= 0.3 is 6.18 Å². The topological polar surface area (TPSA) is 71.2 Å². The molecule has 1 unspecified atom stereocenters. The normalized spacial score (nSPS) is 24.6. The van der Waals surface area contributed by atoms with Crippen molar-refractivity contribution < 1.29 is 23.1 Å². The van der Waals surface area contributed by atoms with E-state index in [4.69, 9.17) is 0 Å². The largest absolute Gasteiger partial charge is 0.418 e. The van der Waals surface area contributed by atoms with Gasteiger partial charge < -0.3 is 10.0 Å². The lowest BCUT2D eigenvalue weighted by atomic mass is 9.92. The molecule has 1 aliphatic heterocycles. The van der Waals surface area contributed by atoms with Gasteiger partial charge in [0.15, 0.2) is 5.60 Å². The standard InChI is InChI=1S/C10H13F3N4O2/c1-16-6-14-7(15-16)8(18)17-4-2-3-9(19,5-17)10(11,12)13/h6,19H,2-5H2,1H3. The van der Waals surface area contributed by atoms with Gasteiger partial charge in [-0.05, 0) is 12.8 Å². The average molecular weight is 278 g/mol. The third-order valence-corrected chi connectivity index (χ3v) is 3.08. The van der Waals surface area contributed by atoms with E-state index in [9.17, 15) is 23.1 Å². The molecule has 0 aliphatic carbocycles. The second kappa shape index (κ2) is 4.48. The molecule has 106 valence electrons. The summed E-state index contributed by atoms with van der Waals surface area (Å²) in [6, 6.07) is 0. The van der Waals surface area contributed by atoms with Crippen LogP contribution in [0.25, 0.3) is 0 Å². The van der Waals surface area contributed by atoms with Crippen LogP contribution < -0.4 is 0 Å². The number of aromatic nitrogens is 3. The SMILES string of the molecule is Cn1cnc(C(=O)N2CCCC(O)(C(F)(F)F)C2)n1. The number of hydrogen-bond donors (Lipinski definition) is 1. The summed E-state index contributed by atoms with van der Waals surface area (Å²) in [7, 11) is 1.55. The van der Waals surface area contributed by atoms with Gasteiger partial charge in [-0.2, -0.15) is 13.2 Å². The van der Waals surface area contributed by atoms with Gasteiger partial charge in [0.1, 0.15) is 6.33 Å². The maximum absolute atomic E-state index is 12.7. The molecule has 1 atom stereocenters. The second-order valence-corrected chi connectivity index (χ2v) is 4.60. The molecule has 0 spiro atoms. The molecular formula is C10H13F3N4O2. The Morgan fingerprint density at radius 2 is 2.21 bits per heavy atom. The first kappa shape index (κ1) is 13.8. The van der Waals surface area contributed by atoms with E-state index in [1.54, 1.807) is 7.05 Å². The lowest BCUT2D eigenvalue weighted by Crippen LogP contribution is -2.58. The van der Waals surface area contributed by atoms with E-state index < -0.39 is 30.7 Å². The molecule has 2 heterocycles. The highest BCUT2D eigenvalue weighted by atomic mass is 19.4. The summed E-state index contributed by atoms with van der Waals surface area (Å²) in [5.41, 5.74) is -2.85. The van der Waals surface area contributed by atoms with E-state index in [0.29, 0.717) is 0 Å². The van der Waals surface area contributed by atoms with Gasteiger partial charge in [-0.3, -0.25) is 9.48 Å². The molecule has 0 saturated carbocycles. The van der Waals surface area contributed by atoms with Crippen LogP contribution in [-0.4, -0.2) is 55.5 Å². The first-order valence-corrected chi connectivity index (χ1v) is 5.67. The summed E-state index contributed by atoms with van der Waals surface area (Å²) in [5, 5.41) is 13.4. The smallest absolute Gasteiger partial charge is 0.379 e. The highest BCUT2D eigenvalue weighted by Crippen LogP contribution is 2.37. The molecule has 1 aromatic rings. The molecule has 1 aliphatic rings. The van der Waals surface area contributed by atoms with E-state index in [1.165, 1.54) is 11.0 Å². The Bertz CT molecular complexity index is 487. The van der Waals surface area contributed by atoms with Crippen LogP contribution in [0, 0.1) is 0 Å².